The summed E-state index contributed by atoms with van der Waals surface area (Å²) in [4.78, 5) is 24.2. The Kier molecular flexibility index (Phi) is 5.08. The Morgan fingerprint density at radius 1 is 1.23 bits per heavy atom. The quantitative estimate of drug-likeness (QED) is 0.476. The van der Waals surface area contributed by atoms with E-state index in [2.05, 4.69) is 4.74 Å². The summed E-state index contributed by atoms with van der Waals surface area (Å²) < 4.78 is 30.2. The van der Waals surface area contributed by atoms with Crippen molar-refractivity contribution in [1.82, 2.24) is 4.90 Å². The van der Waals surface area contributed by atoms with Crippen LogP contribution in [-0.4, -0.2) is 50.1 Å². The molecule has 0 aliphatic carbocycles. The van der Waals surface area contributed by atoms with Crippen LogP contribution in [0.15, 0.2) is 29.2 Å². The van der Waals surface area contributed by atoms with Crippen LogP contribution in [0.2, 0.25) is 0 Å². The Morgan fingerprint density at radius 2 is 1.82 bits per heavy atom. The molecule has 1 aliphatic heterocycles. The Labute approximate surface area is 133 Å². The van der Waals surface area contributed by atoms with E-state index in [9.17, 15) is 18.0 Å². The molecule has 1 fully saturated rings. The number of halogens is 1. The van der Waals surface area contributed by atoms with Crippen LogP contribution in [0.3, 0.4) is 0 Å². The lowest BCUT2D eigenvalue weighted by Crippen LogP contribution is -2.40. The van der Waals surface area contributed by atoms with Gasteiger partial charge in [-0.3, -0.25) is 4.79 Å². The zero-order chi connectivity index (χ0) is 16.3. The van der Waals surface area contributed by atoms with Crippen LogP contribution in [0, 0.1) is 0 Å². The normalized spacial score (nSPS) is 16.4. The lowest BCUT2D eigenvalue weighted by atomic mass is 10.1. The Bertz CT molecular complexity index is 680. The molecule has 8 heteroatoms. The van der Waals surface area contributed by atoms with E-state index in [0.29, 0.717) is 0 Å². The van der Waals surface area contributed by atoms with Crippen LogP contribution in [-0.2, 0) is 14.6 Å². The molecule has 1 aromatic carbocycles. The van der Waals surface area contributed by atoms with Crippen molar-refractivity contribution in [3.8, 4) is 0 Å². The number of amides is 1. The van der Waals surface area contributed by atoms with Gasteiger partial charge in [-0.2, -0.15) is 0 Å². The number of hydrogen-bond acceptors (Lipinski definition) is 5. The van der Waals surface area contributed by atoms with Crippen molar-refractivity contribution >= 4 is 32.8 Å². The van der Waals surface area contributed by atoms with Gasteiger partial charge in [-0.25, -0.2) is 13.2 Å². The molecule has 0 N–H and O–H groups in total. The molecule has 2 rings (SSSR count). The molecule has 120 valence electrons. The molecular formula is C14H16ClNO5S. The van der Waals surface area contributed by atoms with Crippen molar-refractivity contribution in [3.63, 3.8) is 0 Å². The number of hydrogen-bond donors (Lipinski definition) is 0. The van der Waals surface area contributed by atoms with E-state index >= 15 is 0 Å². The molecule has 0 aromatic heterocycles. The van der Waals surface area contributed by atoms with Crippen LogP contribution < -0.4 is 0 Å². The average molecular weight is 346 g/mol. The predicted molar refractivity (Wildman–Crippen MR) is 80.8 cm³/mol. The fraction of sp³-hybridized carbons (Fsp3) is 0.429. The number of carbonyl (C=O) groups is 2. The predicted octanol–water partition coefficient (Wildman–Crippen LogP) is 2.07. The molecule has 22 heavy (non-hydrogen) atoms. The summed E-state index contributed by atoms with van der Waals surface area (Å²) in [5.74, 6) is -0.687. The number of methoxy groups -OCH3 is 1. The van der Waals surface area contributed by atoms with Gasteiger partial charge in [-0.05, 0) is 36.6 Å². The number of ether oxygens (including phenoxy) is 1. The summed E-state index contributed by atoms with van der Waals surface area (Å²) in [5.41, 5.74) is 0.0286. The summed E-state index contributed by atoms with van der Waals surface area (Å²) in [6.45, 7) is 0.569. The first-order chi connectivity index (χ1) is 10.4. The minimum atomic E-state index is -3.68. The van der Waals surface area contributed by atoms with Crippen molar-refractivity contribution in [2.45, 2.75) is 23.0 Å². The van der Waals surface area contributed by atoms with Gasteiger partial charge < -0.3 is 9.64 Å². The van der Waals surface area contributed by atoms with Crippen LogP contribution in [0.25, 0.3) is 0 Å². The number of nitrogens with zero attached hydrogens (tertiary/aromatic N) is 1. The maximum atomic E-state index is 12.8. The molecular weight excluding hydrogens is 330 g/mol. The SMILES string of the molecule is COC(=O)c1ccccc1S(=O)(=O)C1CCN(C(=O)Cl)CC1. The Balaban J connectivity index is 2.29. The average Bonchev–Trinajstić information content (AvgIpc) is 2.54. The van der Waals surface area contributed by atoms with Crippen molar-refractivity contribution in [1.29, 1.82) is 0 Å². The molecule has 1 saturated heterocycles. The summed E-state index contributed by atoms with van der Waals surface area (Å²) in [6, 6.07) is 5.98. The number of likely N-dealkylation sites (tertiary alicyclic amines) is 1. The van der Waals surface area contributed by atoms with Gasteiger partial charge in [0, 0.05) is 13.1 Å². The zero-order valence-electron chi connectivity index (χ0n) is 12.0. The first kappa shape index (κ1) is 16.8. The third kappa shape index (κ3) is 3.25. The molecule has 0 saturated carbocycles. The number of piperidine rings is 1. The van der Waals surface area contributed by atoms with E-state index in [1.807, 2.05) is 0 Å². The Hall–Kier alpha value is -1.60. The van der Waals surface area contributed by atoms with Crippen molar-refractivity contribution in [2.75, 3.05) is 20.2 Å². The van der Waals surface area contributed by atoms with Gasteiger partial charge in [-0.15, -0.1) is 0 Å². The molecule has 0 spiro atoms. The van der Waals surface area contributed by atoms with Gasteiger partial charge in [0.2, 0.25) is 0 Å². The second-order valence-corrected chi connectivity index (χ2v) is 7.49. The second kappa shape index (κ2) is 6.66. The van der Waals surface area contributed by atoms with Gasteiger partial charge in [0.25, 0.3) is 0 Å². The van der Waals surface area contributed by atoms with Crippen molar-refractivity contribution < 1.29 is 22.7 Å². The largest absolute Gasteiger partial charge is 0.465 e. The van der Waals surface area contributed by atoms with Crippen LogP contribution in [0.4, 0.5) is 4.79 Å². The first-order valence-electron chi connectivity index (χ1n) is 6.73. The lowest BCUT2D eigenvalue weighted by Gasteiger charge is -2.30. The van der Waals surface area contributed by atoms with Crippen molar-refractivity contribution in [3.05, 3.63) is 29.8 Å². The first-order valence-corrected chi connectivity index (χ1v) is 8.66. The third-order valence-corrected chi connectivity index (χ3v) is 6.29. The second-order valence-electron chi connectivity index (χ2n) is 4.97. The van der Waals surface area contributed by atoms with Crippen LogP contribution in [0.1, 0.15) is 23.2 Å². The van der Waals surface area contributed by atoms with E-state index in [1.54, 1.807) is 12.1 Å². The van der Waals surface area contributed by atoms with E-state index in [4.69, 9.17) is 11.6 Å². The topological polar surface area (TPSA) is 80.8 Å². The smallest absolute Gasteiger partial charge is 0.339 e. The monoisotopic (exact) mass is 345 g/mol. The number of benzene rings is 1. The number of carbonyl (C=O) groups excluding carboxylic acids is 2. The van der Waals surface area contributed by atoms with Gasteiger partial charge in [0.05, 0.1) is 22.8 Å². The molecule has 0 bridgehead atoms. The standard InChI is InChI=1S/C14H16ClNO5S/c1-21-13(17)11-4-2-3-5-12(11)22(19,20)10-6-8-16(9-7-10)14(15)18/h2-5,10H,6-9H2,1H3. The fourth-order valence-corrected chi connectivity index (χ4v) is 4.60. The zero-order valence-corrected chi connectivity index (χ0v) is 13.6. The number of esters is 1. The highest BCUT2D eigenvalue weighted by Gasteiger charge is 2.34. The maximum Gasteiger partial charge on any atom is 0.339 e. The molecule has 0 atom stereocenters. The lowest BCUT2D eigenvalue weighted by molar-refractivity contribution is 0.0596. The maximum absolute atomic E-state index is 12.8. The van der Waals surface area contributed by atoms with Gasteiger partial charge >= 0.3 is 11.3 Å². The molecule has 1 aromatic rings. The van der Waals surface area contributed by atoms with Crippen LogP contribution in [0.5, 0.6) is 0 Å². The number of rotatable bonds is 3. The highest BCUT2D eigenvalue weighted by molar-refractivity contribution is 7.92. The van der Waals surface area contributed by atoms with E-state index in [-0.39, 0.29) is 36.4 Å². The van der Waals surface area contributed by atoms with Crippen molar-refractivity contribution in [2.24, 2.45) is 0 Å². The number of sulfone groups is 1. The molecule has 0 radical (unpaired) electrons. The van der Waals surface area contributed by atoms with E-state index in [1.165, 1.54) is 24.1 Å². The molecule has 1 amide bonds. The fourth-order valence-electron chi connectivity index (χ4n) is 2.51. The summed E-state index contributed by atoms with van der Waals surface area (Å²) in [5, 5.41) is -1.23. The molecule has 1 heterocycles. The molecule has 6 nitrogen and oxygen atoms in total. The third-order valence-electron chi connectivity index (χ3n) is 3.73. The van der Waals surface area contributed by atoms with Gasteiger partial charge in [0.15, 0.2) is 9.84 Å². The summed E-state index contributed by atoms with van der Waals surface area (Å²) >= 11 is 5.40. The van der Waals surface area contributed by atoms with Gasteiger partial charge in [-0.1, -0.05) is 12.1 Å². The highest BCUT2D eigenvalue weighted by atomic mass is 35.5. The molecule has 0 unspecified atom stereocenters. The molecule has 1 aliphatic rings. The Morgan fingerprint density at radius 3 is 2.36 bits per heavy atom. The summed E-state index contributed by atoms with van der Waals surface area (Å²) in [6.07, 6.45) is 0.576. The minimum absolute atomic E-state index is 0.0286. The minimum Gasteiger partial charge on any atom is -0.465 e. The highest BCUT2D eigenvalue weighted by Crippen LogP contribution is 2.27. The van der Waals surface area contributed by atoms with E-state index in [0.717, 1.165) is 0 Å². The van der Waals surface area contributed by atoms with Gasteiger partial charge in [0.1, 0.15) is 0 Å². The van der Waals surface area contributed by atoms with Crippen LogP contribution >= 0.6 is 11.6 Å². The summed E-state index contributed by atoms with van der Waals surface area (Å²) in [7, 11) is -2.47. The van der Waals surface area contributed by atoms with E-state index < -0.39 is 26.4 Å².